The Morgan fingerprint density at radius 2 is 2.05 bits per heavy atom. The molecule has 5 heteroatoms. The molecular weight excluding hydrogens is 270 g/mol. The summed E-state index contributed by atoms with van der Waals surface area (Å²) in [6.07, 6.45) is 3.59. The second-order valence-corrected chi connectivity index (χ2v) is 4.60. The molecular formula is C16H17NO4. The molecule has 1 aromatic rings. The average molecular weight is 287 g/mol. The molecule has 2 rings (SSSR count). The van der Waals surface area contributed by atoms with Crippen LogP contribution in [0.25, 0.3) is 0 Å². The van der Waals surface area contributed by atoms with Gasteiger partial charge in [0.15, 0.2) is 0 Å². The van der Waals surface area contributed by atoms with Gasteiger partial charge in [-0.1, -0.05) is 19.1 Å². The Bertz CT molecular complexity index is 619. The van der Waals surface area contributed by atoms with E-state index in [0.717, 1.165) is 12.0 Å². The number of amides is 1. The molecule has 21 heavy (non-hydrogen) atoms. The first kappa shape index (κ1) is 15.0. The van der Waals surface area contributed by atoms with Crippen molar-refractivity contribution < 1.29 is 19.1 Å². The Morgan fingerprint density at radius 3 is 2.71 bits per heavy atom. The lowest BCUT2D eigenvalue weighted by atomic mass is 10.1. The molecule has 0 aliphatic carbocycles. The number of Topliss-reactive ketones (excluding diaryl/α,β-unsaturated/α-hetero) is 1. The van der Waals surface area contributed by atoms with Crippen molar-refractivity contribution in [3.8, 4) is 0 Å². The number of carbonyl (C=O) groups excluding carboxylic acids is 3. The highest BCUT2D eigenvalue weighted by Gasteiger charge is 2.35. The van der Waals surface area contributed by atoms with Crippen LogP contribution in [0.5, 0.6) is 0 Å². The van der Waals surface area contributed by atoms with Crippen molar-refractivity contribution in [2.45, 2.75) is 20.3 Å². The fourth-order valence-corrected chi connectivity index (χ4v) is 2.19. The molecule has 1 amide bonds. The van der Waals surface area contributed by atoms with Crippen molar-refractivity contribution in [2.75, 3.05) is 18.1 Å². The minimum Gasteiger partial charge on any atom is -0.463 e. The summed E-state index contributed by atoms with van der Waals surface area (Å²) in [5.74, 6) is -1.52. The first-order valence-electron chi connectivity index (χ1n) is 6.90. The van der Waals surface area contributed by atoms with Gasteiger partial charge in [-0.05, 0) is 31.0 Å². The van der Waals surface area contributed by atoms with E-state index in [9.17, 15) is 14.4 Å². The number of fused-ring (bicyclic) bond motifs is 1. The number of esters is 1. The minimum atomic E-state index is -0.563. The number of benzene rings is 1. The first-order chi connectivity index (χ1) is 10.1. The molecule has 0 radical (unpaired) electrons. The van der Waals surface area contributed by atoms with Gasteiger partial charge in [0.1, 0.15) is 0 Å². The predicted octanol–water partition coefficient (Wildman–Crippen LogP) is 1.90. The fraction of sp³-hybridized carbons (Fsp3) is 0.312. The third-order valence-electron chi connectivity index (χ3n) is 3.27. The maximum atomic E-state index is 12.0. The molecule has 0 atom stereocenters. The number of hydrogen-bond donors (Lipinski definition) is 0. The summed E-state index contributed by atoms with van der Waals surface area (Å²) >= 11 is 0. The smallest absolute Gasteiger partial charge is 0.330 e. The second-order valence-electron chi connectivity index (χ2n) is 4.60. The highest BCUT2D eigenvalue weighted by molar-refractivity contribution is 6.52. The SMILES string of the molecule is CCOC(=O)/C=C/CN1C(=O)C(=O)c2cc(CC)ccc21. The summed E-state index contributed by atoms with van der Waals surface area (Å²) in [7, 11) is 0. The van der Waals surface area contributed by atoms with Crippen LogP contribution >= 0.6 is 0 Å². The van der Waals surface area contributed by atoms with E-state index in [2.05, 4.69) is 0 Å². The van der Waals surface area contributed by atoms with E-state index in [-0.39, 0.29) is 6.54 Å². The molecule has 0 aromatic heterocycles. The molecule has 1 aliphatic heterocycles. The highest BCUT2D eigenvalue weighted by atomic mass is 16.5. The van der Waals surface area contributed by atoms with Gasteiger partial charge in [-0.15, -0.1) is 0 Å². The maximum absolute atomic E-state index is 12.0. The van der Waals surface area contributed by atoms with Crippen LogP contribution in [0.1, 0.15) is 29.8 Å². The number of nitrogens with zero attached hydrogens (tertiary/aromatic N) is 1. The number of aryl methyl sites for hydroxylation is 1. The van der Waals surface area contributed by atoms with Gasteiger partial charge in [0.25, 0.3) is 11.7 Å². The normalized spacial score (nSPS) is 13.9. The summed E-state index contributed by atoms with van der Waals surface area (Å²) in [6, 6.07) is 5.42. The third kappa shape index (κ3) is 3.02. The number of hydrogen-bond acceptors (Lipinski definition) is 4. The molecule has 110 valence electrons. The Morgan fingerprint density at radius 1 is 1.29 bits per heavy atom. The molecule has 0 saturated carbocycles. The fourth-order valence-electron chi connectivity index (χ4n) is 2.19. The number of rotatable bonds is 5. The number of anilines is 1. The quantitative estimate of drug-likeness (QED) is 0.471. The molecule has 0 bridgehead atoms. The van der Waals surface area contributed by atoms with Crippen molar-refractivity contribution in [3.63, 3.8) is 0 Å². The van der Waals surface area contributed by atoms with Gasteiger partial charge in [0.2, 0.25) is 0 Å². The zero-order valence-electron chi connectivity index (χ0n) is 12.1. The van der Waals surface area contributed by atoms with Crippen LogP contribution in [0.2, 0.25) is 0 Å². The van der Waals surface area contributed by atoms with Crippen LogP contribution in [0.3, 0.4) is 0 Å². The lowest BCUT2D eigenvalue weighted by Gasteiger charge is -2.14. The molecule has 0 N–H and O–H groups in total. The summed E-state index contributed by atoms with van der Waals surface area (Å²) in [5.41, 5.74) is 2.04. The molecule has 1 aromatic carbocycles. The van der Waals surface area contributed by atoms with Crippen molar-refractivity contribution in [1.29, 1.82) is 0 Å². The van der Waals surface area contributed by atoms with E-state index >= 15 is 0 Å². The number of ether oxygens (including phenoxy) is 1. The van der Waals surface area contributed by atoms with Gasteiger partial charge in [0.05, 0.1) is 17.9 Å². The average Bonchev–Trinajstić information content (AvgIpc) is 2.72. The number of carbonyl (C=O) groups is 3. The van der Waals surface area contributed by atoms with Crippen molar-refractivity contribution in [2.24, 2.45) is 0 Å². The molecule has 0 saturated heterocycles. The van der Waals surface area contributed by atoms with E-state index in [1.165, 1.54) is 17.1 Å². The lowest BCUT2D eigenvalue weighted by molar-refractivity contribution is -0.137. The van der Waals surface area contributed by atoms with Crippen LogP contribution in [0, 0.1) is 0 Å². The third-order valence-corrected chi connectivity index (χ3v) is 3.27. The summed E-state index contributed by atoms with van der Waals surface area (Å²) in [4.78, 5) is 36.5. The van der Waals surface area contributed by atoms with Crippen LogP contribution in [0.15, 0.2) is 30.4 Å². The van der Waals surface area contributed by atoms with Gasteiger partial charge in [-0.25, -0.2) is 4.79 Å². The Hall–Kier alpha value is -2.43. The van der Waals surface area contributed by atoms with E-state index in [1.54, 1.807) is 19.1 Å². The van der Waals surface area contributed by atoms with E-state index in [1.807, 2.05) is 13.0 Å². The van der Waals surface area contributed by atoms with Gasteiger partial charge < -0.3 is 9.64 Å². The monoisotopic (exact) mass is 287 g/mol. The summed E-state index contributed by atoms with van der Waals surface area (Å²) in [5, 5.41) is 0. The molecule has 0 spiro atoms. The molecule has 0 fully saturated rings. The summed E-state index contributed by atoms with van der Waals surface area (Å²) in [6.45, 7) is 4.17. The standard InChI is InChI=1S/C16H17NO4/c1-3-11-7-8-13-12(10-11)15(19)16(20)17(13)9-5-6-14(18)21-4-2/h5-8,10H,3-4,9H2,1-2H3/b6-5+. The van der Waals surface area contributed by atoms with Gasteiger partial charge in [0, 0.05) is 12.6 Å². The predicted molar refractivity (Wildman–Crippen MR) is 78.3 cm³/mol. The highest BCUT2D eigenvalue weighted by Crippen LogP contribution is 2.29. The van der Waals surface area contributed by atoms with Crippen LogP contribution in [-0.4, -0.2) is 30.8 Å². The molecule has 1 aliphatic rings. The Labute approximate surface area is 123 Å². The first-order valence-corrected chi connectivity index (χ1v) is 6.90. The van der Waals surface area contributed by atoms with Crippen molar-refractivity contribution in [1.82, 2.24) is 0 Å². The van der Waals surface area contributed by atoms with Crippen LogP contribution in [-0.2, 0) is 20.7 Å². The van der Waals surface area contributed by atoms with Crippen LogP contribution < -0.4 is 4.90 Å². The molecule has 0 unspecified atom stereocenters. The van der Waals surface area contributed by atoms with Crippen LogP contribution in [0.4, 0.5) is 5.69 Å². The topological polar surface area (TPSA) is 63.7 Å². The van der Waals surface area contributed by atoms with E-state index in [0.29, 0.717) is 17.9 Å². The van der Waals surface area contributed by atoms with Crippen molar-refractivity contribution >= 4 is 23.3 Å². The second kappa shape index (κ2) is 6.35. The number of ketones is 1. The Balaban J connectivity index is 2.18. The van der Waals surface area contributed by atoms with Crippen molar-refractivity contribution in [3.05, 3.63) is 41.5 Å². The van der Waals surface area contributed by atoms with Gasteiger partial charge in [-0.2, -0.15) is 0 Å². The lowest BCUT2D eigenvalue weighted by Crippen LogP contribution is -2.29. The van der Waals surface area contributed by atoms with E-state index < -0.39 is 17.7 Å². The zero-order valence-corrected chi connectivity index (χ0v) is 12.1. The molecule has 5 nitrogen and oxygen atoms in total. The Kier molecular flexibility index (Phi) is 4.52. The largest absolute Gasteiger partial charge is 0.463 e. The van der Waals surface area contributed by atoms with Gasteiger partial charge in [-0.3, -0.25) is 9.59 Å². The van der Waals surface area contributed by atoms with E-state index in [4.69, 9.17) is 4.74 Å². The summed E-state index contributed by atoms with van der Waals surface area (Å²) < 4.78 is 4.76. The zero-order chi connectivity index (χ0) is 15.4. The van der Waals surface area contributed by atoms with Gasteiger partial charge >= 0.3 is 5.97 Å². The maximum Gasteiger partial charge on any atom is 0.330 e. The molecule has 1 heterocycles. The minimum absolute atomic E-state index is 0.169.